The number of nitrogens with one attached hydrogen (secondary N) is 1. The van der Waals surface area contributed by atoms with Gasteiger partial charge in [0.1, 0.15) is 4.90 Å². The van der Waals surface area contributed by atoms with Crippen LogP contribution >= 0.6 is 23.4 Å². The van der Waals surface area contributed by atoms with Crippen molar-refractivity contribution < 1.29 is 13.2 Å². The third kappa shape index (κ3) is 5.13. The number of carbonyl (C=O) groups is 1. The van der Waals surface area contributed by atoms with Gasteiger partial charge in [-0.3, -0.25) is 4.79 Å². The Morgan fingerprint density at radius 1 is 1.30 bits per heavy atom. The summed E-state index contributed by atoms with van der Waals surface area (Å²) in [5, 5.41) is 15.0. The molecule has 0 saturated heterocycles. The minimum atomic E-state index is -3.73. The van der Waals surface area contributed by atoms with Crippen molar-refractivity contribution in [2.45, 2.75) is 60.4 Å². The number of tetrazole rings is 1. The summed E-state index contributed by atoms with van der Waals surface area (Å²) < 4.78 is 27.7. The Balaban J connectivity index is 1.71. The average molecular weight is 473 g/mol. The molecule has 1 aromatic carbocycles. The average Bonchev–Trinajstić information content (AvgIpc) is 3.17. The van der Waals surface area contributed by atoms with E-state index in [-0.39, 0.29) is 21.9 Å². The Kier molecular flexibility index (Phi) is 7.38. The summed E-state index contributed by atoms with van der Waals surface area (Å²) in [6.45, 7) is 1.76. The molecule has 1 saturated carbocycles. The molecule has 3 rings (SSSR count). The summed E-state index contributed by atoms with van der Waals surface area (Å²) >= 11 is 7.34. The summed E-state index contributed by atoms with van der Waals surface area (Å²) in [5.74, 6) is -0.284. The van der Waals surface area contributed by atoms with Crippen molar-refractivity contribution in [3.8, 4) is 0 Å². The third-order valence-electron chi connectivity index (χ3n) is 4.99. The second-order valence-electron chi connectivity index (χ2n) is 7.38. The van der Waals surface area contributed by atoms with E-state index in [1.54, 1.807) is 13.0 Å². The number of hydrogen-bond donors (Lipinski definition) is 1. The fourth-order valence-corrected chi connectivity index (χ4v) is 5.50. The van der Waals surface area contributed by atoms with E-state index in [2.05, 4.69) is 20.8 Å². The number of nitrogens with zero attached hydrogens (tertiary/aromatic N) is 5. The maximum atomic E-state index is 12.7. The zero-order valence-electron chi connectivity index (χ0n) is 17.1. The molecule has 0 radical (unpaired) electrons. The van der Waals surface area contributed by atoms with Gasteiger partial charge in [-0.1, -0.05) is 42.6 Å². The van der Waals surface area contributed by atoms with Gasteiger partial charge in [-0.05, 0) is 48.4 Å². The van der Waals surface area contributed by atoms with Gasteiger partial charge in [0.25, 0.3) is 0 Å². The van der Waals surface area contributed by atoms with Crippen molar-refractivity contribution in [1.82, 2.24) is 24.5 Å². The van der Waals surface area contributed by atoms with Crippen molar-refractivity contribution in [2.75, 3.05) is 19.4 Å². The zero-order valence-corrected chi connectivity index (χ0v) is 19.5. The van der Waals surface area contributed by atoms with Gasteiger partial charge in [0.15, 0.2) is 0 Å². The van der Waals surface area contributed by atoms with E-state index in [4.69, 9.17) is 11.6 Å². The van der Waals surface area contributed by atoms with Crippen molar-refractivity contribution in [3.05, 3.63) is 23.2 Å². The Morgan fingerprint density at radius 2 is 2.00 bits per heavy atom. The number of sulfonamides is 1. The van der Waals surface area contributed by atoms with Gasteiger partial charge in [-0.2, -0.15) is 0 Å². The number of aromatic nitrogens is 4. The molecule has 0 aliphatic heterocycles. The first kappa shape index (κ1) is 23.0. The molecule has 1 heterocycles. The fraction of sp³-hybridized carbons (Fsp3) is 0.556. The first-order valence-electron chi connectivity index (χ1n) is 9.67. The summed E-state index contributed by atoms with van der Waals surface area (Å²) in [6, 6.07) is 4.65. The summed E-state index contributed by atoms with van der Waals surface area (Å²) in [7, 11) is -0.885. The number of amides is 1. The first-order valence-corrected chi connectivity index (χ1v) is 12.4. The second kappa shape index (κ2) is 9.63. The molecule has 1 amide bonds. The molecular weight excluding hydrogens is 448 g/mol. The van der Waals surface area contributed by atoms with E-state index in [0.29, 0.717) is 10.8 Å². The molecule has 1 aliphatic rings. The smallest absolute Gasteiger partial charge is 0.244 e. The maximum Gasteiger partial charge on any atom is 0.244 e. The molecule has 164 valence electrons. The van der Waals surface area contributed by atoms with Crippen LogP contribution in [-0.4, -0.2) is 58.2 Å². The monoisotopic (exact) mass is 472 g/mol. The van der Waals surface area contributed by atoms with Crippen LogP contribution in [0.25, 0.3) is 0 Å². The molecule has 1 atom stereocenters. The van der Waals surface area contributed by atoms with Crippen molar-refractivity contribution >= 4 is 45.0 Å². The second-order valence-corrected chi connectivity index (χ2v) is 11.2. The topological polar surface area (TPSA) is 110 Å². The number of anilines is 1. The molecule has 1 fully saturated rings. The van der Waals surface area contributed by atoms with Crippen LogP contribution < -0.4 is 5.32 Å². The summed E-state index contributed by atoms with van der Waals surface area (Å²) in [6.07, 6.45) is 5.60. The highest BCUT2D eigenvalue weighted by Crippen LogP contribution is 2.32. The molecule has 2 aromatic rings. The molecular formula is C18H25ClN6O3S2. The molecule has 1 aliphatic carbocycles. The number of halogens is 1. The Morgan fingerprint density at radius 3 is 2.67 bits per heavy atom. The fourth-order valence-electron chi connectivity index (χ4n) is 3.25. The first-order chi connectivity index (χ1) is 14.2. The number of thioether (sulfide) groups is 1. The highest BCUT2D eigenvalue weighted by atomic mass is 35.5. The Hall–Kier alpha value is -1.69. The van der Waals surface area contributed by atoms with Crippen molar-refractivity contribution in [3.63, 3.8) is 0 Å². The third-order valence-corrected chi connectivity index (χ3v) is 8.34. The molecule has 30 heavy (non-hydrogen) atoms. The predicted molar refractivity (Wildman–Crippen MR) is 116 cm³/mol. The van der Waals surface area contributed by atoms with E-state index < -0.39 is 15.3 Å². The van der Waals surface area contributed by atoms with Crippen LogP contribution in [0, 0.1) is 0 Å². The molecule has 9 nitrogen and oxygen atoms in total. The minimum absolute atomic E-state index is 0.0616. The lowest BCUT2D eigenvalue weighted by Crippen LogP contribution is -2.25. The Bertz CT molecular complexity index is 1010. The van der Waals surface area contributed by atoms with Gasteiger partial charge in [0.2, 0.25) is 21.1 Å². The molecule has 0 bridgehead atoms. The molecule has 1 aromatic heterocycles. The van der Waals surface area contributed by atoms with E-state index in [9.17, 15) is 13.2 Å². The number of hydrogen-bond acceptors (Lipinski definition) is 7. The van der Waals surface area contributed by atoms with E-state index in [1.807, 2.05) is 4.68 Å². The predicted octanol–water partition coefficient (Wildman–Crippen LogP) is 3.20. The zero-order chi connectivity index (χ0) is 21.9. The van der Waals surface area contributed by atoms with E-state index >= 15 is 0 Å². The Labute approximate surface area is 185 Å². The molecule has 1 unspecified atom stereocenters. The SMILES string of the molecule is CC(Sc1nnnn1C1CCCCC1)C(=O)Nc1ccc(Cl)c(S(=O)(=O)N(C)C)c1. The van der Waals surface area contributed by atoms with Crippen LogP contribution in [0.3, 0.4) is 0 Å². The largest absolute Gasteiger partial charge is 0.325 e. The lowest BCUT2D eigenvalue weighted by atomic mass is 9.96. The van der Waals surface area contributed by atoms with Gasteiger partial charge in [-0.25, -0.2) is 17.4 Å². The molecule has 12 heteroatoms. The van der Waals surface area contributed by atoms with Crippen molar-refractivity contribution in [1.29, 1.82) is 0 Å². The highest BCUT2D eigenvalue weighted by molar-refractivity contribution is 8.00. The van der Waals surface area contributed by atoms with Crippen LogP contribution in [0.2, 0.25) is 5.02 Å². The van der Waals surface area contributed by atoms with Crippen molar-refractivity contribution in [2.24, 2.45) is 0 Å². The van der Waals surface area contributed by atoms with Crippen LogP contribution in [0.5, 0.6) is 0 Å². The van der Waals surface area contributed by atoms with Gasteiger partial charge in [0, 0.05) is 19.8 Å². The highest BCUT2D eigenvalue weighted by Gasteiger charge is 2.25. The van der Waals surface area contributed by atoms with E-state index in [1.165, 1.54) is 44.4 Å². The molecule has 1 N–H and O–H groups in total. The van der Waals surface area contributed by atoms with Crippen LogP contribution in [0.1, 0.15) is 45.1 Å². The lowest BCUT2D eigenvalue weighted by Gasteiger charge is -2.22. The quantitative estimate of drug-likeness (QED) is 0.616. The van der Waals surface area contributed by atoms with Gasteiger partial charge in [-0.15, -0.1) is 5.10 Å². The van der Waals surface area contributed by atoms with Crippen LogP contribution in [-0.2, 0) is 14.8 Å². The van der Waals surface area contributed by atoms with Gasteiger partial charge in [0.05, 0.1) is 16.3 Å². The standard InChI is InChI=1S/C18H25ClN6O3S2/c1-12(29-18-21-22-23-25(18)14-7-5-4-6-8-14)17(26)20-13-9-10-15(19)16(11-13)30(27,28)24(2)3/h9-12,14H,4-8H2,1-3H3,(H,20,26). The summed E-state index contributed by atoms with van der Waals surface area (Å²) in [5.41, 5.74) is 0.351. The maximum absolute atomic E-state index is 12.7. The number of benzene rings is 1. The van der Waals surface area contributed by atoms with Gasteiger partial charge >= 0.3 is 0 Å². The van der Waals surface area contributed by atoms with Crippen LogP contribution in [0.4, 0.5) is 5.69 Å². The van der Waals surface area contributed by atoms with E-state index in [0.717, 1.165) is 30.0 Å². The number of rotatable bonds is 7. The van der Waals surface area contributed by atoms with Gasteiger partial charge < -0.3 is 5.32 Å². The normalized spacial score (nSPS) is 16.6. The van der Waals surface area contributed by atoms with Crippen LogP contribution in [0.15, 0.2) is 28.3 Å². The molecule has 0 spiro atoms. The lowest BCUT2D eigenvalue weighted by molar-refractivity contribution is -0.115. The minimum Gasteiger partial charge on any atom is -0.325 e. The summed E-state index contributed by atoms with van der Waals surface area (Å²) in [4.78, 5) is 12.6. The number of carbonyl (C=O) groups excluding carboxylic acids is 1.